The van der Waals surface area contributed by atoms with E-state index in [9.17, 15) is 9.59 Å². The second-order valence-corrected chi connectivity index (χ2v) is 3.89. The maximum atomic E-state index is 11.3. The molecule has 0 aliphatic heterocycles. The Morgan fingerprint density at radius 1 is 1.42 bits per heavy atom. The lowest BCUT2D eigenvalue weighted by Gasteiger charge is -2.04. The summed E-state index contributed by atoms with van der Waals surface area (Å²) in [6.45, 7) is 2.39. The van der Waals surface area contributed by atoms with Crippen LogP contribution in [-0.2, 0) is 27.4 Å². The summed E-state index contributed by atoms with van der Waals surface area (Å²) < 4.78 is 11.2. The molecule has 19 heavy (non-hydrogen) atoms. The lowest BCUT2D eigenvalue weighted by atomic mass is 10.2. The van der Waals surface area contributed by atoms with E-state index in [4.69, 9.17) is 4.74 Å². The first kappa shape index (κ1) is 14.9. The third-order valence-electron chi connectivity index (χ3n) is 2.50. The Labute approximate surface area is 112 Å². The molecule has 6 nitrogen and oxygen atoms in total. The van der Waals surface area contributed by atoms with Crippen molar-refractivity contribution in [1.82, 2.24) is 5.32 Å². The summed E-state index contributed by atoms with van der Waals surface area (Å²) in [5.74, 6) is -0.370. The van der Waals surface area contributed by atoms with Gasteiger partial charge < -0.3 is 14.8 Å². The van der Waals surface area contributed by atoms with Crippen LogP contribution in [0.15, 0.2) is 24.5 Å². The van der Waals surface area contributed by atoms with Gasteiger partial charge in [0.25, 0.3) is 6.73 Å². The van der Waals surface area contributed by atoms with Crippen molar-refractivity contribution >= 4 is 12.1 Å². The summed E-state index contributed by atoms with van der Waals surface area (Å²) in [6, 6.07) is 3.91. The normalized spacial score (nSPS) is 9.79. The molecule has 1 aromatic rings. The van der Waals surface area contributed by atoms with Gasteiger partial charge in [-0.3, -0.25) is 4.79 Å². The molecule has 1 N–H and O–H groups in total. The predicted molar refractivity (Wildman–Crippen MR) is 67.1 cm³/mol. The molecule has 0 saturated heterocycles. The minimum absolute atomic E-state index is 0.129. The minimum atomic E-state index is -0.557. The Morgan fingerprint density at radius 3 is 2.89 bits per heavy atom. The van der Waals surface area contributed by atoms with Crippen molar-refractivity contribution in [2.75, 3.05) is 13.7 Å². The third kappa shape index (κ3) is 5.85. The number of rotatable bonds is 6. The predicted octanol–water partition coefficient (Wildman–Crippen LogP) is 0.783. The number of hydrogen-bond acceptors (Lipinski definition) is 4. The maximum Gasteiger partial charge on any atom is 0.412 e. The number of aromatic nitrogens is 1. The highest BCUT2D eigenvalue weighted by molar-refractivity contribution is 5.71. The van der Waals surface area contributed by atoms with E-state index in [1.807, 2.05) is 24.5 Å². The Balaban J connectivity index is 2.27. The van der Waals surface area contributed by atoms with E-state index >= 15 is 0 Å². The average Bonchev–Trinajstić information content (AvgIpc) is 2.45. The quantitative estimate of drug-likeness (QED) is 0.611. The van der Waals surface area contributed by atoms with Crippen molar-refractivity contribution in [1.29, 1.82) is 0 Å². The summed E-state index contributed by atoms with van der Waals surface area (Å²) in [7, 11) is 1.30. The number of nitrogens with one attached hydrogen (secondary N) is 1. The van der Waals surface area contributed by atoms with Crippen molar-refractivity contribution in [2.45, 2.75) is 26.5 Å². The number of pyridine rings is 1. The molecule has 0 saturated carbocycles. The molecular formula is C13H19N2O4+. The van der Waals surface area contributed by atoms with Crippen LogP contribution in [0.3, 0.4) is 0 Å². The van der Waals surface area contributed by atoms with Gasteiger partial charge >= 0.3 is 12.1 Å². The van der Waals surface area contributed by atoms with Gasteiger partial charge in [0.15, 0.2) is 12.4 Å². The monoisotopic (exact) mass is 267 g/mol. The van der Waals surface area contributed by atoms with Crippen LogP contribution >= 0.6 is 0 Å². The third-order valence-corrected chi connectivity index (χ3v) is 2.50. The molecule has 1 heterocycles. The van der Waals surface area contributed by atoms with E-state index in [0.29, 0.717) is 0 Å². The second-order valence-electron chi connectivity index (χ2n) is 3.89. The molecular weight excluding hydrogens is 248 g/mol. The number of hydrogen-bond donors (Lipinski definition) is 1. The molecule has 0 unspecified atom stereocenters. The first-order valence-electron chi connectivity index (χ1n) is 6.11. The molecule has 0 atom stereocenters. The highest BCUT2D eigenvalue weighted by Crippen LogP contribution is 1.94. The van der Waals surface area contributed by atoms with Crippen LogP contribution in [0.4, 0.5) is 4.79 Å². The molecule has 0 bridgehead atoms. The van der Waals surface area contributed by atoms with Gasteiger partial charge in [0.1, 0.15) is 0 Å². The molecule has 104 valence electrons. The minimum Gasteiger partial charge on any atom is -0.469 e. The van der Waals surface area contributed by atoms with E-state index < -0.39 is 6.09 Å². The van der Waals surface area contributed by atoms with E-state index in [-0.39, 0.29) is 25.7 Å². The second kappa shape index (κ2) is 8.07. The van der Waals surface area contributed by atoms with E-state index in [1.54, 1.807) is 4.57 Å². The van der Waals surface area contributed by atoms with Gasteiger partial charge in [-0.25, -0.2) is 4.79 Å². The molecule has 1 amide bonds. The summed E-state index contributed by atoms with van der Waals surface area (Å²) >= 11 is 0. The van der Waals surface area contributed by atoms with Crippen LogP contribution in [0.25, 0.3) is 0 Å². The maximum absolute atomic E-state index is 11.3. The molecule has 0 spiro atoms. The molecule has 0 fully saturated rings. The van der Waals surface area contributed by atoms with Crippen LogP contribution in [0.2, 0.25) is 0 Å². The smallest absolute Gasteiger partial charge is 0.412 e. The Morgan fingerprint density at radius 2 is 2.21 bits per heavy atom. The number of esters is 1. The van der Waals surface area contributed by atoms with Gasteiger partial charge in [0.2, 0.25) is 0 Å². The van der Waals surface area contributed by atoms with Gasteiger partial charge in [0.05, 0.1) is 13.5 Å². The van der Waals surface area contributed by atoms with Gasteiger partial charge in [-0.1, -0.05) is 6.92 Å². The molecule has 0 radical (unpaired) electrons. The topological polar surface area (TPSA) is 68.5 Å². The lowest BCUT2D eigenvalue weighted by Crippen LogP contribution is -2.38. The Bertz CT molecular complexity index is 434. The van der Waals surface area contributed by atoms with Crippen LogP contribution in [0, 0.1) is 0 Å². The summed E-state index contributed by atoms with van der Waals surface area (Å²) in [5, 5.41) is 2.47. The molecule has 0 aliphatic rings. The zero-order valence-electron chi connectivity index (χ0n) is 11.2. The first-order chi connectivity index (χ1) is 9.15. The largest absolute Gasteiger partial charge is 0.469 e. The first-order valence-corrected chi connectivity index (χ1v) is 6.11. The Kier molecular flexibility index (Phi) is 6.35. The number of methoxy groups -OCH3 is 1. The van der Waals surface area contributed by atoms with Crippen LogP contribution < -0.4 is 9.88 Å². The summed E-state index contributed by atoms with van der Waals surface area (Å²) in [6.07, 6.45) is 4.23. The van der Waals surface area contributed by atoms with Crippen molar-refractivity contribution in [2.24, 2.45) is 0 Å². The molecule has 0 aromatic carbocycles. The number of carbonyl (C=O) groups is 2. The zero-order valence-corrected chi connectivity index (χ0v) is 11.2. The SMILES string of the molecule is CCc1ccc[n+](COC(=O)NCCC(=O)OC)c1. The van der Waals surface area contributed by atoms with Crippen LogP contribution in [0.5, 0.6) is 0 Å². The number of amides is 1. The van der Waals surface area contributed by atoms with Gasteiger partial charge in [-0.15, -0.1) is 0 Å². The fourth-order valence-corrected chi connectivity index (χ4v) is 1.42. The van der Waals surface area contributed by atoms with Crippen molar-refractivity contribution < 1.29 is 23.6 Å². The van der Waals surface area contributed by atoms with Crippen molar-refractivity contribution in [3.05, 3.63) is 30.1 Å². The number of aryl methyl sites for hydroxylation is 1. The van der Waals surface area contributed by atoms with E-state index in [2.05, 4.69) is 17.0 Å². The molecule has 1 aromatic heterocycles. The fraction of sp³-hybridized carbons (Fsp3) is 0.462. The van der Waals surface area contributed by atoms with Crippen molar-refractivity contribution in [3.63, 3.8) is 0 Å². The number of alkyl carbamates (subject to hydrolysis) is 1. The van der Waals surface area contributed by atoms with E-state index in [0.717, 1.165) is 12.0 Å². The van der Waals surface area contributed by atoms with Crippen LogP contribution in [-0.4, -0.2) is 25.7 Å². The number of carbonyl (C=O) groups excluding carboxylic acids is 2. The standard InChI is InChI=1S/C13H18N2O4/c1-3-11-5-4-8-15(9-11)10-19-13(17)14-7-6-12(16)18-2/h4-5,8-9H,3,6-7,10H2,1-2H3/p+1. The fourth-order valence-electron chi connectivity index (χ4n) is 1.42. The zero-order chi connectivity index (χ0) is 14.1. The highest BCUT2D eigenvalue weighted by atomic mass is 16.6. The molecule has 6 heteroatoms. The molecule has 0 aliphatic carbocycles. The van der Waals surface area contributed by atoms with Crippen LogP contribution in [0.1, 0.15) is 18.9 Å². The summed E-state index contributed by atoms with van der Waals surface area (Å²) in [5.41, 5.74) is 1.16. The number of nitrogens with zero attached hydrogens (tertiary/aromatic N) is 1. The van der Waals surface area contributed by atoms with Gasteiger partial charge in [0, 0.05) is 18.2 Å². The Hall–Kier alpha value is -2.11. The highest BCUT2D eigenvalue weighted by Gasteiger charge is 2.07. The van der Waals surface area contributed by atoms with Crippen molar-refractivity contribution in [3.8, 4) is 0 Å². The number of ether oxygens (including phenoxy) is 2. The van der Waals surface area contributed by atoms with Gasteiger partial charge in [-0.05, 0) is 12.5 Å². The van der Waals surface area contributed by atoms with E-state index in [1.165, 1.54) is 7.11 Å². The summed E-state index contributed by atoms with van der Waals surface area (Å²) in [4.78, 5) is 22.2. The molecule has 1 rings (SSSR count). The lowest BCUT2D eigenvalue weighted by molar-refractivity contribution is -0.727. The average molecular weight is 267 g/mol. The van der Waals surface area contributed by atoms with Gasteiger partial charge in [-0.2, -0.15) is 4.57 Å².